The minimum atomic E-state index is -0.273. The molecule has 1 unspecified atom stereocenters. The topological polar surface area (TPSA) is 64.5 Å². The molecule has 5 aromatic carbocycles. The molecule has 4 nitrogen and oxygen atoms in total. The third-order valence-corrected chi connectivity index (χ3v) is 9.78. The number of allylic oxidation sites excluding steroid dienone is 7. The molecule has 0 aliphatic heterocycles. The molecule has 1 N–H and O–H groups in total. The van der Waals surface area contributed by atoms with E-state index in [0.717, 1.165) is 86.3 Å². The number of hydrogen-bond donors (Lipinski definition) is 1. The van der Waals surface area contributed by atoms with Gasteiger partial charge >= 0.3 is 0 Å². The summed E-state index contributed by atoms with van der Waals surface area (Å²) in [4.78, 5) is 0. The van der Waals surface area contributed by atoms with Crippen molar-refractivity contribution in [2.75, 3.05) is 5.32 Å². The highest BCUT2D eigenvalue weighted by Gasteiger charge is 2.26. The van der Waals surface area contributed by atoms with Gasteiger partial charge in [0, 0.05) is 44.5 Å². The Bertz CT molecular complexity index is 2400. The van der Waals surface area contributed by atoms with E-state index >= 15 is 0 Å². The minimum absolute atomic E-state index is 0.273. The fourth-order valence-electron chi connectivity index (χ4n) is 7.53. The summed E-state index contributed by atoms with van der Waals surface area (Å²) in [5.74, 6) is -0.273. The molecular weight excluding hydrogens is 609 g/mol. The summed E-state index contributed by atoms with van der Waals surface area (Å²) >= 11 is 0. The van der Waals surface area contributed by atoms with Crippen LogP contribution in [0, 0.1) is 28.6 Å². The normalized spacial score (nSPS) is 15.2. The van der Waals surface area contributed by atoms with Crippen molar-refractivity contribution in [2.45, 2.75) is 33.1 Å². The second-order valence-electron chi connectivity index (χ2n) is 12.7. The number of para-hydroxylation sites is 3. The second kappa shape index (κ2) is 14.0. The minimum Gasteiger partial charge on any atom is -0.357 e. The Balaban J connectivity index is 1.35. The molecule has 4 heteroatoms. The van der Waals surface area contributed by atoms with Gasteiger partial charge in [-0.3, -0.25) is 0 Å². The van der Waals surface area contributed by atoms with Crippen LogP contribution >= 0.6 is 0 Å². The molecule has 0 amide bonds. The van der Waals surface area contributed by atoms with Gasteiger partial charge in [-0.05, 0) is 85.7 Å². The number of nitriles is 2. The van der Waals surface area contributed by atoms with Gasteiger partial charge in [0.25, 0.3) is 0 Å². The maximum atomic E-state index is 10.8. The molecule has 1 aromatic heterocycles. The van der Waals surface area contributed by atoms with Crippen molar-refractivity contribution in [2.24, 2.45) is 5.92 Å². The molecule has 1 aliphatic rings. The SMILES string of the molecule is C=C/C(C1=C(Nc2ccccc2-c2cccc(-c3cccc(-n4c5ccccc5c5ccccc54)c3)c2C#N)C(C#N)CCC1)=C(C)\C=C/C. The van der Waals surface area contributed by atoms with E-state index in [9.17, 15) is 10.5 Å². The van der Waals surface area contributed by atoms with Crippen LogP contribution in [-0.4, -0.2) is 4.57 Å². The smallest absolute Gasteiger partial charge is 0.100 e. The average Bonchev–Trinajstić information content (AvgIpc) is 3.50. The van der Waals surface area contributed by atoms with Gasteiger partial charge in [0.2, 0.25) is 0 Å². The van der Waals surface area contributed by atoms with Gasteiger partial charge in [0.05, 0.1) is 28.6 Å². The Kier molecular flexibility index (Phi) is 9.02. The number of nitrogens with zero attached hydrogens (tertiary/aromatic N) is 3. The highest BCUT2D eigenvalue weighted by molar-refractivity contribution is 6.09. The molecule has 1 atom stereocenters. The van der Waals surface area contributed by atoms with E-state index in [1.54, 1.807) is 0 Å². The van der Waals surface area contributed by atoms with Crippen molar-refractivity contribution in [3.8, 4) is 40.1 Å². The Morgan fingerprint density at radius 2 is 1.48 bits per heavy atom. The van der Waals surface area contributed by atoms with Crippen molar-refractivity contribution in [3.05, 3.63) is 168 Å². The fourth-order valence-corrected chi connectivity index (χ4v) is 7.53. The lowest BCUT2D eigenvalue weighted by molar-refractivity contribution is 0.594. The molecule has 0 fully saturated rings. The number of aromatic nitrogens is 1. The molecule has 0 saturated carbocycles. The number of benzene rings is 5. The van der Waals surface area contributed by atoms with Crippen molar-refractivity contribution in [1.29, 1.82) is 10.5 Å². The standard InChI is InChI=1S/C46H38N4/c1-4-15-31(3)35(5-2)41-24-13-17-33(29-47)46(41)49-43-25-9-6-19-38(43)37-23-14-22-36(42(37)30-48)32-16-12-18-34(28-32)50-44-26-10-7-20-39(44)40-21-8-11-27-45(40)50/h4-12,14-16,18-23,25-28,33,49H,2,13,17,24H2,1,3H3/b15-4-,35-31+. The first-order valence-electron chi connectivity index (χ1n) is 17.2. The maximum absolute atomic E-state index is 10.8. The lowest BCUT2D eigenvalue weighted by Gasteiger charge is -2.28. The van der Waals surface area contributed by atoms with Crippen LogP contribution in [0.4, 0.5) is 5.69 Å². The van der Waals surface area contributed by atoms with Crippen LogP contribution in [0.15, 0.2) is 162 Å². The first-order chi connectivity index (χ1) is 24.6. The van der Waals surface area contributed by atoms with Gasteiger partial charge in [0.1, 0.15) is 6.07 Å². The van der Waals surface area contributed by atoms with Gasteiger partial charge in [-0.15, -0.1) is 0 Å². The number of hydrogen-bond acceptors (Lipinski definition) is 3. The van der Waals surface area contributed by atoms with Gasteiger partial charge in [-0.1, -0.05) is 110 Å². The maximum Gasteiger partial charge on any atom is 0.100 e. The second-order valence-corrected chi connectivity index (χ2v) is 12.7. The van der Waals surface area contributed by atoms with E-state index in [2.05, 4.69) is 120 Å². The van der Waals surface area contributed by atoms with Crippen LogP contribution < -0.4 is 5.32 Å². The first-order valence-corrected chi connectivity index (χ1v) is 17.2. The number of nitrogens with one attached hydrogen (secondary N) is 1. The number of rotatable bonds is 8. The third kappa shape index (κ3) is 5.72. The molecular formula is C46H38N4. The predicted molar refractivity (Wildman–Crippen MR) is 208 cm³/mol. The summed E-state index contributed by atoms with van der Waals surface area (Å²) in [6, 6.07) is 44.7. The van der Waals surface area contributed by atoms with Crippen molar-refractivity contribution in [3.63, 3.8) is 0 Å². The molecule has 0 radical (unpaired) electrons. The van der Waals surface area contributed by atoms with Crippen molar-refractivity contribution >= 4 is 27.5 Å². The van der Waals surface area contributed by atoms with Crippen LogP contribution in [0.5, 0.6) is 0 Å². The fraction of sp³-hybridized carbons (Fsp3) is 0.130. The summed E-state index contributed by atoms with van der Waals surface area (Å²) in [6.45, 7) is 8.23. The average molecular weight is 647 g/mol. The van der Waals surface area contributed by atoms with Gasteiger partial charge in [-0.2, -0.15) is 10.5 Å². The Morgan fingerprint density at radius 1 is 0.820 bits per heavy atom. The van der Waals surface area contributed by atoms with E-state index < -0.39 is 0 Å². The van der Waals surface area contributed by atoms with Crippen LogP contribution in [-0.2, 0) is 0 Å². The molecule has 1 aliphatic carbocycles. The molecule has 0 bridgehead atoms. The van der Waals surface area contributed by atoms with Crippen LogP contribution in [0.25, 0.3) is 49.7 Å². The third-order valence-electron chi connectivity index (χ3n) is 9.78. The number of fused-ring (bicyclic) bond motifs is 3. The summed E-state index contributed by atoms with van der Waals surface area (Å²) in [7, 11) is 0. The Labute approximate surface area is 294 Å². The lowest BCUT2D eigenvalue weighted by atomic mass is 9.82. The quantitative estimate of drug-likeness (QED) is 0.167. The highest BCUT2D eigenvalue weighted by atomic mass is 15.0. The number of anilines is 1. The first kappa shape index (κ1) is 32.2. The van der Waals surface area contributed by atoms with Gasteiger partial charge < -0.3 is 9.88 Å². The molecule has 6 aromatic rings. The Morgan fingerprint density at radius 3 is 2.18 bits per heavy atom. The van der Waals surface area contributed by atoms with Crippen LogP contribution in [0.1, 0.15) is 38.7 Å². The lowest BCUT2D eigenvalue weighted by Crippen LogP contribution is -2.19. The van der Waals surface area contributed by atoms with Gasteiger partial charge in [0.15, 0.2) is 0 Å². The van der Waals surface area contributed by atoms with Crippen LogP contribution in [0.2, 0.25) is 0 Å². The molecule has 7 rings (SSSR count). The van der Waals surface area contributed by atoms with E-state index in [0.29, 0.717) is 5.56 Å². The zero-order valence-electron chi connectivity index (χ0n) is 28.4. The highest BCUT2D eigenvalue weighted by Crippen LogP contribution is 2.41. The molecule has 1 heterocycles. The largest absolute Gasteiger partial charge is 0.357 e. The summed E-state index contributed by atoms with van der Waals surface area (Å²) in [6.07, 6.45) is 8.62. The van der Waals surface area contributed by atoms with Crippen LogP contribution in [0.3, 0.4) is 0 Å². The van der Waals surface area contributed by atoms with E-state index in [-0.39, 0.29) is 5.92 Å². The van der Waals surface area contributed by atoms with Crippen molar-refractivity contribution < 1.29 is 0 Å². The molecule has 242 valence electrons. The monoisotopic (exact) mass is 646 g/mol. The predicted octanol–water partition coefficient (Wildman–Crippen LogP) is 12.1. The molecule has 0 spiro atoms. The van der Waals surface area contributed by atoms with E-state index in [1.807, 2.05) is 55.5 Å². The summed E-state index contributed by atoms with van der Waals surface area (Å²) in [5, 5.41) is 27.2. The summed E-state index contributed by atoms with van der Waals surface area (Å²) < 4.78 is 2.30. The Hall–Kier alpha value is -6.36. The molecule has 0 saturated heterocycles. The van der Waals surface area contributed by atoms with E-state index in [1.165, 1.54) is 10.8 Å². The zero-order valence-corrected chi connectivity index (χ0v) is 28.4. The van der Waals surface area contributed by atoms with Crippen molar-refractivity contribution in [1.82, 2.24) is 4.57 Å². The van der Waals surface area contributed by atoms with Gasteiger partial charge in [-0.25, -0.2) is 0 Å². The summed E-state index contributed by atoms with van der Waals surface area (Å²) in [5.41, 5.74) is 12.6. The zero-order chi connectivity index (χ0) is 34.6. The van der Waals surface area contributed by atoms with E-state index in [4.69, 9.17) is 0 Å². The molecule has 50 heavy (non-hydrogen) atoms.